The van der Waals surface area contributed by atoms with Gasteiger partial charge in [-0.3, -0.25) is 14.9 Å². The molecular weight excluding hydrogens is 592 g/mol. The molecule has 0 unspecified atom stereocenters. The number of urea groups is 1. The molecule has 1 aliphatic rings. The Balaban J connectivity index is 1.63. The summed E-state index contributed by atoms with van der Waals surface area (Å²) >= 11 is 6.92. The van der Waals surface area contributed by atoms with Crippen LogP contribution >= 0.6 is 31.9 Å². The number of anilines is 1. The summed E-state index contributed by atoms with van der Waals surface area (Å²) < 4.78 is 13.5. The first-order valence-electron chi connectivity index (χ1n) is 11.1. The second-order valence-corrected chi connectivity index (χ2v) is 9.62. The summed E-state index contributed by atoms with van der Waals surface area (Å²) in [6.07, 6.45) is 1.43. The summed E-state index contributed by atoms with van der Waals surface area (Å²) in [5.41, 5.74) is 2.56. The van der Waals surface area contributed by atoms with Crippen molar-refractivity contribution in [3.63, 3.8) is 0 Å². The predicted molar refractivity (Wildman–Crippen MR) is 144 cm³/mol. The Labute approximate surface area is 225 Å². The van der Waals surface area contributed by atoms with Crippen molar-refractivity contribution >= 4 is 61.5 Å². The standard InChI is InChI=1S/C27H22Br2N2O5/c1-3-35-24-14-17(8-11-23(24)36-15-18-6-4-5-7-22(18)29)13-20-25(32)30-27(34)31(26(20)33)19-9-10-21(28)16(2)12-19/h4-14H,3,15H2,1-2H3,(H,30,32,34)/b20-13-. The lowest BCUT2D eigenvalue weighted by Crippen LogP contribution is -2.54. The number of imide groups is 2. The smallest absolute Gasteiger partial charge is 0.335 e. The minimum atomic E-state index is -0.797. The number of nitrogens with zero attached hydrogens (tertiary/aromatic N) is 1. The SMILES string of the molecule is CCOc1cc(/C=C2/C(=O)NC(=O)N(c3ccc(Br)c(C)c3)C2=O)ccc1OCc1ccccc1Br. The van der Waals surface area contributed by atoms with Crippen molar-refractivity contribution in [2.45, 2.75) is 20.5 Å². The maximum Gasteiger partial charge on any atom is 0.335 e. The van der Waals surface area contributed by atoms with E-state index in [0.29, 0.717) is 36.0 Å². The minimum absolute atomic E-state index is 0.167. The fraction of sp³-hybridized carbons (Fsp3) is 0.148. The maximum absolute atomic E-state index is 13.2. The van der Waals surface area contributed by atoms with Crippen LogP contribution in [0.1, 0.15) is 23.6 Å². The molecule has 1 heterocycles. The fourth-order valence-electron chi connectivity index (χ4n) is 3.60. The number of amides is 4. The van der Waals surface area contributed by atoms with E-state index < -0.39 is 17.8 Å². The van der Waals surface area contributed by atoms with Crippen LogP contribution in [-0.4, -0.2) is 24.5 Å². The first-order valence-corrected chi connectivity index (χ1v) is 12.7. The van der Waals surface area contributed by atoms with Crippen molar-refractivity contribution in [3.8, 4) is 11.5 Å². The summed E-state index contributed by atoms with van der Waals surface area (Å²) in [7, 11) is 0. The average molecular weight is 614 g/mol. The third-order valence-corrected chi connectivity index (χ3v) is 7.08. The summed E-state index contributed by atoms with van der Waals surface area (Å²) in [4.78, 5) is 39.2. The molecule has 4 rings (SSSR count). The number of rotatable bonds is 7. The molecule has 0 atom stereocenters. The molecule has 7 nitrogen and oxygen atoms in total. The molecule has 3 aromatic rings. The number of barbiturate groups is 1. The average Bonchev–Trinajstić information content (AvgIpc) is 2.84. The number of halogens is 2. The van der Waals surface area contributed by atoms with Gasteiger partial charge in [-0.2, -0.15) is 0 Å². The highest BCUT2D eigenvalue weighted by molar-refractivity contribution is 9.10. The number of ether oxygens (including phenoxy) is 2. The highest BCUT2D eigenvalue weighted by atomic mass is 79.9. The van der Waals surface area contributed by atoms with Gasteiger partial charge in [-0.15, -0.1) is 0 Å². The molecule has 1 fully saturated rings. The Morgan fingerprint density at radius 2 is 1.69 bits per heavy atom. The van der Waals surface area contributed by atoms with E-state index in [4.69, 9.17) is 9.47 Å². The van der Waals surface area contributed by atoms with Crippen molar-refractivity contribution < 1.29 is 23.9 Å². The summed E-state index contributed by atoms with van der Waals surface area (Å²) in [6.45, 7) is 4.42. The van der Waals surface area contributed by atoms with Crippen LogP contribution in [-0.2, 0) is 16.2 Å². The third kappa shape index (κ3) is 5.52. The second-order valence-electron chi connectivity index (χ2n) is 7.91. The quantitative estimate of drug-likeness (QED) is 0.255. The molecule has 3 aromatic carbocycles. The van der Waals surface area contributed by atoms with Gasteiger partial charge in [0, 0.05) is 14.5 Å². The van der Waals surface area contributed by atoms with Gasteiger partial charge >= 0.3 is 6.03 Å². The maximum atomic E-state index is 13.2. The molecule has 0 aromatic heterocycles. The van der Waals surface area contributed by atoms with Gasteiger partial charge in [0.05, 0.1) is 12.3 Å². The Hall–Kier alpha value is -3.43. The van der Waals surface area contributed by atoms with Crippen LogP contribution in [0.5, 0.6) is 11.5 Å². The monoisotopic (exact) mass is 612 g/mol. The van der Waals surface area contributed by atoms with E-state index in [1.54, 1.807) is 36.4 Å². The first kappa shape index (κ1) is 25.7. The van der Waals surface area contributed by atoms with Crippen molar-refractivity contribution in [2.24, 2.45) is 0 Å². The zero-order valence-corrected chi connectivity index (χ0v) is 22.7. The molecule has 0 radical (unpaired) electrons. The van der Waals surface area contributed by atoms with Gasteiger partial charge in [-0.05, 0) is 67.4 Å². The molecule has 1 saturated heterocycles. The largest absolute Gasteiger partial charge is 0.490 e. The predicted octanol–water partition coefficient (Wildman–Crippen LogP) is 6.16. The number of carbonyl (C=O) groups excluding carboxylic acids is 3. The number of aryl methyl sites for hydroxylation is 1. The van der Waals surface area contributed by atoms with Crippen LogP contribution < -0.4 is 19.7 Å². The topological polar surface area (TPSA) is 84.9 Å². The Kier molecular flexibility index (Phi) is 7.91. The molecule has 0 aliphatic carbocycles. The fourth-order valence-corrected chi connectivity index (χ4v) is 4.25. The lowest BCUT2D eigenvalue weighted by molar-refractivity contribution is -0.122. The van der Waals surface area contributed by atoms with Crippen molar-refractivity contribution in [1.29, 1.82) is 0 Å². The van der Waals surface area contributed by atoms with E-state index in [1.165, 1.54) is 6.08 Å². The molecule has 184 valence electrons. The van der Waals surface area contributed by atoms with Gasteiger partial charge in [-0.1, -0.05) is 56.1 Å². The van der Waals surface area contributed by atoms with E-state index in [-0.39, 0.29) is 5.57 Å². The molecule has 0 spiro atoms. The van der Waals surface area contributed by atoms with Gasteiger partial charge in [0.15, 0.2) is 11.5 Å². The molecule has 4 amide bonds. The number of benzene rings is 3. The van der Waals surface area contributed by atoms with Crippen LogP contribution in [0.2, 0.25) is 0 Å². The molecule has 0 saturated carbocycles. The highest BCUT2D eigenvalue weighted by Crippen LogP contribution is 2.32. The molecule has 36 heavy (non-hydrogen) atoms. The third-order valence-electron chi connectivity index (χ3n) is 5.42. The van der Waals surface area contributed by atoms with Crippen LogP contribution in [0.15, 0.2) is 75.2 Å². The molecule has 1 N–H and O–H groups in total. The number of hydrogen-bond donors (Lipinski definition) is 1. The number of hydrogen-bond acceptors (Lipinski definition) is 5. The molecular formula is C27H22Br2N2O5. The van der Waals surface area contributed by atoms with Crippen LogP contribution in [0, 0.1) is 6.92 Å². The van der Waals surface area contributed by atoms with E-state index in [0.717, 1.165) is 25.0 Å². The summed E-state index contributed by atoms with van der Waals surface area (Å²) in [5, 5.41) is 2.24. The summed E-state index contributed by atoms with van der Waals surface area (Å²) in [5.74, 6) is -0.477. The Bertz CT molecular complexity index is 1390. The van der Waals surface area contributed by atoms with Gasteiger partial charge in [0.2, 0.25) is 0 Å². The van der Waals surface area contributed by atoms with Crippen LogP contribution in [0.4, 0.5) is 10.5 Å². The lowest BCUT2D eigenvalue weighted by atomic mass is 10.1. The Morgan fingerprint density at radius 1 is 0.917 bits per heavy atom. The van der Waals surface area contributed by atoms with E-state index >= 15 is 0 Å². The zero-order valence-electron chi connectivity index (χ0n) is 19.5. The Morgan fingerprint density at radius 3 is 2.42 bits per heavy atom. The lowest BCUT2D eigenvalue weighted by Gasteiger charge is -2.26. The van der Waals surface area contributed by atoms with Crippen molar-refractivity contribution in [1.82, 2.24) is 5.32 Å². The number of carbonyl (C=O) groups is 3. The normalized spacial score (nSPS) is 14.7. The molecule has 1 aliphatic heterocycles. The van der Waals surface area contributed by atoms with Gasteiger partial charge < -0.3 is 9.47 Å². The molecule has 0 bridgehead atoms. The summed E-state index contributed by atoms with van der Waals surface area (Å²) in [6, 6.07) is 17.2. The first-order chi connectivity index (χ1) is 17.3. The van der Waals surface area contributed by atoms with Gasteiger partial charge in [0.25, 0.3) is 11.8 Å². The van der Waals surface area contributed by atoms with E-state index in [2.05, 4.69) is 37.2 Å². The number of nitrogens with one attached hydrogen (secondary N) is 1. The van der Waals surface area contributed by atoms with Gasteiger partial charge in [-0.25, -0.2) is 9.69 Å². The second kappa shape index (κ2) is 11.1. The van der Waals surface area contributed by atoms with Crippen LogP contribution in [0.3, 0.4) is 0 Å². The van der Waals surface area contributed by atoms with Gasteiger partial charge in [0.1, 0.15) is 12.2 Å². The van der Waals surface area contributed by atoms with E-state index in [9.17, 15) is 14.4 Å². The molecule has 9 heteroatoms. The highest BCUT2D eigenvalue weighted by Gasteiger charge is 2.37. The van der Waals surface area contributed by atoms with E-state index in [1.807, 2.05) is 38.1 Å². The van der Waals surface area contributed by atoms with Crippen LogP contribution in [0.25, 0.3) is 6.08 Å². The van der Waals surface area contributed by atoms with Crippen molar-refractivity contribution in [3.05, 3.63) is 91.9 Å². The van der Waals surface area contributed by atoms with Crippen molar-refractivity contribution in [2.75, 3.05) is 11.5 Å². The zero-order chi connectivity index (χ0) is 25.8. The minimum Gasteiger partial charge on any atom is -0.490 e.